The van der Waals surface area contributed by atoms with Crippen molar-refractivity contribution in [2.75, 3.05) is 0 Å². The minimum absolute atomic E-state index is 0.0600. The van der Waals surface area contributed by atoms with Gasteiger partial charge in [-0.1, -0.05) is 6.92 Å². The molecule has 0 aromatic carbocycles. The molecule has 0 saturated carbocycles. The van der Waals surface area contributed by atoms with E-state index in [1.54, 1.807) is 6.20 Å². The van der Waals surface area contributed by atoms with Gasteiger partial charge in [0.2, 0.25) is 0 Å². The molecule has 0 aliphatic carbocycles. The summed E-state index contributed by atoms with van der Waals surface area (Å²) in [5, 5.41) is 0.815. The van der Waals surface area contributed by atoms with Crippen LogP contribution in [0.1, 0.15) is 16.8 Å². The molecule has 0 saturated heterocycles. The number of aromatic amines is 1. The SMILES string of the molecule is CCc1cnc(CNS(=O)(=O)c2cnc[nH]2)s1. The smallest absolute Gasteiger partial charge is 0.257 e. The summed E-state index contributed by atoms with van der Waals surface area (Å²) in [4.78, 5) is 11.5. The van der Waals surface area contributed by atoms with E-state index in [1.165, 1.54) is 23.9 Å². The quantitative estimate of drug-likeness (QED) is 0.846. The second-order valence-corrected chi connectivity index (χ2v) is 6.25. The Morgan fingerprint density at radius 2 is 2.29 bits per heavy atom. The second-order valence-electron chi connectivity index (χ2n) is 3.31. The number of hydrogen-bond acceptors (Lipinski definition) is 5. The third kappa shape index (κ3) is 2.90. The van der Waals surface area contributed by atoms with E-state index in [1.807, 2.05) is 6.92 Å². The van der Waals surface area contributed by atoms with Crippen LogP contribution in [0, 0.1) is 0 Å². The Labute approximate surface area is 103 Å². The van der Waals surface area contributed by atoms with Crippen LogP contribution in [0.15, 0.2) is 23.7 Å². The van der Waals surface area contributed by atoms with Gasteiger partial charge in [-0.05, 0) is 6.42 Å². The number of thiazole rings is 1. The minimum Gasteiger partial charge on any atom is -0.335 e. The van der Waals surface area contributed by atoms with Crippen molar-refractivity contribution in [2.24, 2.45) is 0 Å². The summed E-state index contributed by atoms with van der Waals surface area (Å²) in [7, 11) is -3.51. The van der Waals surface area contributed by atoms with Crippen LogP contribution in [-0.4, -0.2) is 23.4 Å². The van der Waals surface area contributed by atoms with E-state index in [4.69, 9.17) is 0 Å². The van der Waals surface area contributed by atoms with Crippen LogP contribution in [0.25, 0.3) is 0 Å². The molecule has 2 aromatic heterocycles. The lowest BCUT2D eigenvalue weighted by Crippen LogP contribution is -2.23. The highest BCUT2D eigenvalue weighted by molar-refractivity contribution is 7.89. The normalized spacial score (nSPS) is 11.8. The number of sulfonamides is 1. The molecular formula is C9H12N4O2S2. The number of nitrogens with zero attached hydrogens (tertiary/aromatic N) is 2. The Bertz CT molecular complexity index is 574. The highest BCUT2D eigenvalue weighted by Crippen LogP contribution is 2.13. The zero-order valence-corrected chi connectivity index (χ0v) is 10.8. The van der Waals surface area contributed by atoms with E-state index in [-0.39, 0.29) is 11.6 Å². The summed E-state index contributed by atoms with van der Waals surface area (Å²) >= 11 is 1.51. The number of H-pyrrole nitrogens is 1. The summed E-state index contributed by atoms with van der Waals surface area (Å²) in [5.41, 5.74) is 0. The maximum atomic E-state index is 11.7. The molecule has 2 heterocycles. The van der Waals surface area contributed by atoms with Crippen LogP contribution in [0.5, 0.6) is 0 Å². The van der Waals surface area contributed by atoms with Crippen LogP contribution in [0.3, 0.4) is 0 Å². The number of nitrogens with one attached hydrogen (secondary N) is 2. The fourth-order valence-corrected chi connectivity index (χ4v) is 3.00. The van der Waals surface area contributed by atoms with E-state index in [0.29, 0.717) is 0 Å². The summed E-state index contributed by atoms with van der Waals surface area (Å²) in [6, 6.07) is 0. The number of hydrogen-bond donors (Lipinski definition) is 2. The average molecular weight is 272 g/mol. The Kier molecular flexibility index (Phi) is 3.55. The molecule has 0 spiro atoms. The first-order chi connectivity index (χ1) is 8.12. The molecule has 0 atom stereocenters. The number of rotatable bonds is 5. The third-order valence-corrected chi connectivity index (χ3v) is 4.59. The fourth-order valence-electron chi connectivity index (χ4n) is 1.22. The predicted molar refractivity (Wildman–Crippen MR) is 64.1 cm³/mol. The molecule has 92 valence electrons. The zero-order chi connectivity index (χ0) is 12.3. The Morgan fingerprint density at radius 3 is 2.88 bits per heavy atom. The van der Waals surface area contributed by atoms with Gasteiger partial charge in [-0.25, -0.2) is 23.1 Å². The maximum absolute atomic E-state index is 11.7. The first kappa shape index (κ1) is 12.2. The van der Waals surface area contributed by atoms with Gasteiger partial charge in [0.05, 0.1) is 19.1 Å². The molecule has 2 aromatic rings. The molecule has 6 nitrogen and oxygen atoms in total. The Morgan fingerprint density at radius 1 is 1.47 bits per heavy atom. The van der Waals surface area contributed by atoms with Gasteiger partial charge in [-0.3, -0.25) is 0 Å². The predicted octanol–water partition coefficient (Wildman–Crippen LogP) is 0.907. The molecule has 2 N–H and O–H groups in total. The van der Waals surface area contributed by atoms with Gasteiger partial charge >= 0.3 is 0 Å². The van der Waals surface area contributed by atoms with Gasteiger partial charge in [0, 0.05) is 11.1 Å². The largest absolute Gasteiger partial charge is 0.335 e. The molecular weight excluding hydrogens is 260 g/mol. The highest BCUT2D eigenvalue weighted by atomic mass is 32.2. The minimum atomic E-state index is -3.51. The standard InChI is InChI=1S/C9H12N4O2S2/c1-2-7-3-11-8(16-7)4-13-17(14,15)9-5-10-6-12-9/h3,5-6,13H,2,4H2,1H3,(H,10,12). The molecule has 2 rings (SSSR count). The molecule has 0 fully saturated rings. The van der Waals surface area contributed by atoms with Crippen LogP contribution in [0.2, 0.25) is 0 Å². The Balaban J connectivity index is 2.03. The maximum Gasteiger partial charge on any atom is 0.257 e. The lowest BCUT2D eigenvalue weighted by Gasteiger charge is -2.01. The van der Waals surface area contributed by atoms with Crippen LogP contribution < -0.4 is 4.72 Å². The van der Waals surface area contributed by atoms with E-state index >= 15 is 0 Å². The van der Waals surface area contributed by atoms with Gasteiger partial charge in [-0.15, -0.1) is 11.3 Å². The topological polar surface area (TPSA) is 87.7 Å². The number of imidazole rings is 1. The Hall–Kier alpha value is -1.25. The van der Waals surface area contributed by atoms with Crippen molar-refractivity contribution in [3.63, 3.8) is 0 Å². The van der Waals surface area contributed by atoms with E-state index in [2.05, 4.69) is 19.7 Å². The first-order valence-corrected chi connectivity index (χ1v) is 7.33. The molecule has 0 unspecified atom stereocenters. The summed E-state index contributed by atoms with van der Waals surface area (Å²) in [6.45, 7) is 2.23. The molecule has 8 heteroatoms. The lowest BCUT2D eigenvalue weighted by molar-refractivity contribution is 0.578. The third-order valence-electron chi connectivity index (χ3n) is 2.13. The van der Waals surface area contributed by atoms with Gasteiger partial charge in [0.25, 0.3) is 10.0 Å². The molecule has 0 amide bonds. The summed E-state index contributed by atoms with van der Waals surface area (Å²) in [5.74, 6) is 0. The van der Waals surface area contributed by atoms with Crippen molar-refractivity contribution >= 4 is 21.4 Å². The molecule has 0 bridgehead atoms. The van der Waals surface area contributed by atoms with Gasteiger partial charge < -0.3 is 4.98 Å². The molecule has 0 radical (unpaired) electrons. The van der Waals surface area contributed by atoms with Gasteiger partial charge in [0.1, 0.15) is 5.01 Å². The van der Waals surface area contributed by atoms with Crippen molar-refractivity contribution in [1.82, 2.24) is 19.7 Å². The molecule has 17 heavy (non-hydrogen) atoms. The van der Waals surface area contributed by atoms with E-state index in [0.717, 1.165) is 16.3 Å². The van der Waals surface area contributed by atoms with Crippen molar-refractivity contribution in [1.29, 1.82) is 0 Å². The number of aryl methyl sites for hydroxylation is 1. The van der Waals surface area contributed by atoms with Crippen LogP contribution in [0.4, 0.5) is 0 Å². The van der Waals surface area contributed by atoms with Gasteiger partial charge in [-0.2, -0.15) is 0 Å². The average Bonchev–Trinajstić information content (AvgIpc) is 2.98. The lowest BCUT2D eigenvalue weighted by atomic mass is 10.4. The van der Waals surface area contributed by atoms with Crippen molar-refractivity contribution in [2.45, 2.75) is 24.9 Å². The summed E-state index contributed by atoms with van der Waals surface area (Å²) < 4.78 is 25.9. The van der Waals surface area contributed by atoms with E-state index in [9.17, 15) is 8.42 Å². The van der Waals surface area contributed by atoms with Gasteiger partial charge in [0.15, 0.2) is 5.03 Å². The van der Waals surface area contributed by atoms with Crippen molar-refractivity contribution in [3.05, 3.63) is 28.6 Å². The molecule has 0 aliphatic heterocycles. The van der Waals surface area contributed by atoms with Crippen molar-refractivity contribution < 1.29 is 8.42 Å². The summed E-state index contributed by atoms with van der Waals surface area (Å²) in [6.07, 6.45) is 5.27. The van der Waals surface area contributed by atoms with Crippen LogP contribution >= 0.6 is 11.3 Å². The van der Waals surface area contributed by atoms with E-state index < -0.39 is 10.0 Å². The van der Waals surface area contributed by atoms with Crippen LogP contribution in [-0.2, 0) is 23.0 Å². The first-order valence-electron chi connectivity index (χ1n) is 5.03. The fraction of sp³-hybridized carbons (Fsp3) is 0.333. The monoisotopic (exact) mass is 272 g/mol. The van der Waals surface area contributed by atoms with Crippen molar-refractivity contribution in [3.8, 4) is 0 Å². The second kappa shape index (κ2) is 4.94. The zero-order valence-electron chi connectivity index (χ0n) is 9.17. The highest BCUT2D eigenvalue weighted by Gasteiger charge is 2.15. The number of aromatic nitrogens is 3. The molecule has 0 aliphatic rings.